The van der Waals surface area contributed by atoms with E-state index >= 15 is 0 Å². The maximum atomic E-state index is 11.7. The zero-order valence-electron chi connectivity index (χ0n) is 13.3. The number of amides is 1. The van der Waals surface area contributed by atoms with E-state index in [4.69, 9.17) is 26.0 Å². The lowest BCUT2D eigenvalue weighted by Gasteiger charge is -2.17. The molecule has 0 bridgehead atoms. The highest BCUT2D eigenvalue weighted by molar-refractivity contribution is 7.46. The number of rotatable bonds is 4. The molecule has 1 aliphatic heterocycles. The minimum absolute atomic E-state index is 0.0314. The molecule has 0 spiro atoms. The number of phosphoric ester groups is 1. The monoisotopic (exact) mass is 389 g/mol. The van der Waals surface area contributed by atoms with Crippen LogP contribution in [0.2, 0.25) is 0 Å². The standard InChI is InChI=1S/C12H16N5O8P/c1-3-15-8(13)5-4(9(14)20)2-17(10(5)16-3)11-6(18)7(19)12(24-11)25-26(21,22)23/h2,6-7,11-12,18-19H,1H3,(H2,14,20)(H2,13,15,16)(H2,21,22,23)/t6-,7+,11-,12-/m1/s1. The molecule has 0 aliphatic carbocycles. The van der Waals surface area contributed by atoms with Crippen molar-refractivity contribution < 1.29 is 38.6 Å². The second-order valence-corrected chi connectivity index (χ2v) is 6.83. The molecule has 8 N–H and O–H groups in total. The van der Waals surface area contributed by atoms with Crippen LogP contribution >= 0.6 is 7.82 Å². The van der Waals surface area contributed by atoms with Crippen LogP contribution in [-0.2, 0) is 13.8 Å². The molecule has 3 heterocycles. The van der Waals surface area contributed by atoms with Gasteiger partial charge in [0, 0.05) is 6.20 Å². The number of carbonyl (C=O) groups excluding carboxylic acids is 1. The van der Waals surface area contributed by atoms with Crippen molar-refractivity contribution in [1.82, 2.24) is 14.5 Å². The number of aliphatic hydroxyl groups is 2. The molecule has 4 atom stereocenters. The quantitative estimate of drug-likeness (QED) is 0.317. The largest absolute Gasteiger partial charge is 0.472 e. The fraction of sp³-hybridized carbons (Fsp3) is 0.417. The van der Waals surface area contributed by atoms with Crippen LogP contribution in [0, 0.1) is 6.92 Å². The van der Waals surface area contributed by atoms with Crippen molar-refractivity contribution in [3.8, 4) is 0 Å². The number of ether oxygens (including phenoxy) is 1. The Balaban J connectivity index is 2.11. The zero-order chi connectivity index (χ0) is 19.4. The van der Waals surface area contributed by atoms with Gasteiger partial charge in [-0.15, -0.1) is 0 Å². The molecule has 1 fully saturated rings. The number of aliphatic hydroxyl groups excluding tert-OH is 2. The van der Waals surface area contributed by atoms with Gasteiger partial charge in [0.05, 0.1) is 10.9 Å². The maximum absolute atomic E-state index is 11.7. The highest BCUT2D eigenvalue weighted by Gasteiger charge is 2.47. The summed E-state index contributed by atoms with van der Waals surface area (Å²) in [5.74, 6) is -0.624. The highest BCUT2D eigenvalue weighted by Crippen LogP contribution is 2.43. The number of primary amides is 1. The number of hydrogen-bond donors (Lipinski definition) is 6. The number of nitrogen functional groups attached to an aromatic ring is 1. The van der Waals surface area contributed by atoms with Crippen LogP contribution in [0.5, 0.6) is 0 Å². The summed E-state index contributed by atoms with van der Waals surface area (Å²) in [5, 5.41) is 20.3. The number of carbonyl (C=O) groups is 1. The normalized spacial score (nSPS) is 26.5. The van der Waals surface area contributed by atoms with Gasteiger partial charge in [-0.1, -0.05) is 0 Å². The van der Waals surface area contributed by atoms with Crippen LogP contribution in [-0.4, -0.2) is 58.9 Å². The third-order valence-electron chi connectivity index (χ3n) is 3.79. The molecular formula is C12H16N5O8P. The fourth-order valence-corrected chi connectivity index (χ4v) is 3.20. The summed E-state index contributed by atoms with van der Waals surface area (Å²) in [7, 11) is -5.00. The predicted molar refractivity (Wildman–Crippen MR) is 84.2 cm³/mol. The van der Waals surface area contributed by atoms with E-state index in [9.17, 15) is 19.6 Å². The summed E-state index contributed by atoms with van der Waals surface area (Å²) in [6, 6.07) is 0. The van der Waals surface area contributed by atoms with Crippen molar-refractivity contribution in [2.75, 3.05) is 5.73 Å². The second kappa shape index (κ2) is 6.25. The van der Waals surface area contributed by atoms with Gasteiger partial charge in [-0.2, -0.15) is 0 Å². The number of phosphoric acid groups is 1. The summed E-state index contributed by atoms with van der Waals surface area (Å²) in [6.07, 6.45) is -5.43. The molecule has 142 valence electrons. The number of aryl methyl sites for hydroxylation is 1. The molecule has 0 unspecified atom stereocenters. The van der Waals surface area contributed by atoms with E-state index in [0.29, 0.717) is 0 Å². The van der Waals surface area contributed by atoms with Gasteiger partial charge in [0.2, 0.25) is 0 Å². The Labute approximate surface area is 145 Å². The SMILES string of the molecule is Cc1nc(N)c2c(C(N)=O)cn([C@@H]3O[C@H](OP(=O)(O)O)[C@@H](O)[C@H]3O)c2n1. The Morgan fingerprint density at radius 1 is 1.35 bits per heavy atom. The Kier molecular flexibility index (Phi) is 4.48. The van der Waals surface area contributed by atoms with Gasteiger partial charge < -0.3 is 40.8 Å². The molecule has 13 nitrogen and oxygen atoms in total. The average molecular weight is 389 g/mol. The molecule has 26 heavy (non-hydrogen) atoms. The maximum Gasteiger partial charge on any atom is 0.472 e. The van der Waals surface area contributed by atoms with Gasteiger partial charge in [-0.25, -0.2) is 14.5 Å². The minimum atomic E-state index is -5.00. The smallest absolute Gasteiger partial charge is 0.385 e. The van der Waals surface area contributed by atoms with E-state index < -0.39 is 38.5 Å². The van der Waals surface area contributed by atoms with Crippen LogP contribution in [0.15, 0.2) is 6.20 Å². The topological polar surface area (TPSA) is 216 Å². The number of nitrogens with two attached hydrogens (primary N) is 2. The molecule has 0 saturated carbocycles. The van der Waals surface area contributed by atoms with Crippen LogP contribution in [0.1, 0.15) is 22.4 Å². The van der Waals surface area contributed by atoms with E-state index in [1.54, 1.807) is 0 Å². The molecule has 0 aromatic carbocycles. The van der Waals surface area contributed by atoms with Gasteiger partial charge in [0.15, 0.2) is 12.5 Å². The van der Waals surface area contributed by atoms with E-state index in [1.165, 1.54) is 13.1 Å². The Morgan fingerprint density at radius 3 is 2.58 bits per heavy atom. The molecular weight excluding hydrogens is 373 g/mol. The van der Waals surface area contributed by atoms with Gasteiger partial charge in [-0.05, 0) is 6.92 Å². The predicted octanol–water partition coefficient (Wildman–Crippen LogP) is -1.89. The summed E-state index contributed by atoms with van der Waals surface area (Å²) in [6.45, 7) is 1.54. The van der Waals surface area contributed by atoms with Crippen molar-refractivity contribution in [1.29, 1.82) is 0 Å². The molecule has 1 saturated heterocycles. The van der Waals surface area contributed by atoms with E-state index in [2.05, 4.69) is 14.5 Å². The van der Waals surface area contributed by atoms with Gasteiger partial charge in [0.1, 0.15) is 29.5 Å². The number of fused-ring (bicyclic) bond motifs is 1. The van der Waals surface area contributed by atoms with Crippen molar-refractivity contribution in [3.05, 3.63) is 17.6 Å². The fourth-order valence-electron chi connectivity index (χ4n) is 2.75. The molecule has 14 heteroatoms. The average Bonchev–Trinajstić information content (AvgIpc) is 2.99. The molecule has 2 aromatic rings. The van der Waals surface area contributed by atoms with E-state index in [1.807, 2.05) is 0 Å². The molecule has 3 rings (SSSR count). The third-order valence-corrected chi connectivity index (χ3v) is 4.27. The van der Waals surface area contributed by atoms with Crippen LogP contribution in [0.25, 0.3) is 11.0 Å². The summed E-state index contributed by atoms with van der Waals surface area (Å²) in [5.41, 5.74) is 11.2. The van der Waals surface area contributed by atoms with E-state index in [0.717, 1.165) is 4.57 Å². The van der Waals surface area contributed by atoms with Gasteiger partial charge in [-0.3, -0.25) is 9.32 Å². The molecule has 2 aromatic heterocycles. The van der Waals surface area contributed by atoms with Gasteiger partial charge in [0.25, 0.3) is 5.91 Å². The Hall–Kier alpha value is -2.12. The molecule has 1 aliphatic rings. The van der Waals surface area contributed by atoms with Crippen LogP contribution < -0.4 is 11.5 Å². The van der Waals surface area contributed by atoms with Crippen molar-refractivity contribution >= 4 is 30.6 Å². The number of hydrogen-bond acceptors (Lipinski definition) is 9. The molecule has 1 amide bonds. The number of nitrogens with zero attached hydrogens (tertiary/aromatic N) is 3. The van der Waals surface area contributed by atoms with E-state index in [-0.39, 0.29) is 28.2 Å². The first-order chi connectivity index (χ1) is 12.0. The number of anilines is 1. The van der Waals surface area contributed by atoms with Crippen LogP contribution in [0.4, 0.5) is 5.82 Å². The lowest BCUT2D eigenvalue weighted by Crippen LogP contribution is -2.32. The first-order valence-electron chi connectivity index (χ1n) is 7.19. The Morgan fingerprint density at radius 2 is 2.00 bits per heavy atom. The lowest BCUT2D eigenvalue weighted by atomic mass is 10.2. The number of aromatic nitrogens is 3. The van der Waals surface area contributed by atoms with Crippen molar-refractivity contribution in [3.63, 3.8) is 0 Å². The molecule has 0 radical (unpaired) electrons. The van der Waals surface area contributed by atoms with Crippen LogP contribution in [0.3, 0.4) is 0 Å². The first-order valence-corrected chi connectivity index (χ1v) is 8.72. The second-order valence-electron chi connectivity index (χ2n) is 5.64. The van der Waals surface area contributed by atoms with Crippen molar-refractivity contribution in [2.45, 2.75) is 31.6 Å². The Bertz CT molecular complexity index is 926. The summed E-state index contributed by atoms with van der Waals surface area (Å²) >= 11 is 0. The first kappa shape index (κ1) is 18.7. The van der Waals surface area contributed by atoms with Gasteiger partial charge >= 0.3 is 7.82 Å². The summed E-state index contributed by atoms with van der Waals surface area (Å²) < 4.78 is 21.7. The highest BCUT2D eigenvalue weighted by atomic mass is 31.2. The third kappa shape index (κ3) is 3.17. The summed E-state index contributed by atoms with van der Waals surface area (Å²) in [4.78, 5) is 37.5. The lowest BCUT2D eigenvalue weighted by molar-refractivity contribution is -0.133. The zero-order valence-corrected chi connectivity index (χ0v) is 14.1. The van der Waals surface area contributed by atoms with Crippen molar-refractivity contribution in [2.24, 2.45) is 5.73 Å². The minimum Gasteiger partial charge on any atom is -0.385 e.